The number of benzene rings is 1. The van der Waals surface area contributed by atoms with E-state index in [-0.39, 0.29) is 11.7 Å². The summed E-state index contributed by atoms with van der Waals surface area (Å²) in [4.78, 5) is 13.3. The summed E-state index contributed by atoms with van der Waals surface area (Å²) in [6, 6.07) is 3.76. The van der Waals surface area contributed by atoms with Crippen molar-refractivity contribution < 1.29 is 18.0 Å². The van der Waals surface area contributed by atoms with Crippen LogP contribution in [0.1, 0.15) is 24.5 Å². The molecule has 0 bridgehead atoms. The van der Waals surface area contributed by atoms with Crippen molar-refractivity contribution in [3.05, 3.63) is 29.3 Å². The molecule has 1 atom stereocenters. The number of alkyl halides is 3. The van der Waals surface area contributed by atoms with Gasteiger partial charge in [-0.25, -0.2) is 0 Å². The lowest BCUT2D eigenvalue weighted by Gasteiger charge is -2.33. The molecule has 1 aromatic rings. The standard InChI is InChI=1S/C14H16F3NO/c1-9-3-4-11(14(15,16)17)7-12(9)18-6-5-13(19)10(2)8-18/h3-4,7,10H,5-6,8H2,1-2H3. The minimum atomic E-state index is -4.33. The smallest absolute Gasteiger partial charge is 0.370 e. The highest BCUT2D eigenvalue weighted by molar-refractivity contribution is 5.83. The molecule has 1 heterocycles. The van der Waals surface area contributed by atoms with E-state index in [9.17, 15) is 18.0 Å². The van der Waals surface area contributed by atoms with Gasteiger partial charge in [0.05, 0.1) is 5.56 Å². The molecule has 0 aromatic heterocycles. The van der Waals surface area contributed by atoms with Crippen LogP contribution in [0.5, 0.6) is 0 Å². The van der Waals surface area contributed by atoms with Crippen LogP contribution in [0.2, 0.25) is 0 Å². The molecule has 2 rings (SSSR count). The van der Waals surface area contributed by atoms with E-state index in [2.05, 4.69) is 0 Å². The van der Waals surface area contributed by atoms with Crippen LogP contribution in [0.3, 0.4) is 0 Å². The van der Waals surface area contributed by atoms with E-state index in [0.717, 1.165) is 11.6 Å². The van der Waals surface area contributed by atoms with Crippen molar-refractivity contribution in [2.24, 2.45) is 5.92 Å². The number of aryl methyl sites for hydroxylation is 1. The van der Waals surface area contributed by atoms with Gasteiger partial charge in [0.15, 0.2) is 0 Å². The Hall–Kier alpha value is -1.52. The van der Waals surface area contributed by atoms with Gasteiger partial charge in [0.2, 0.25) is 0 Å². The molecule has 0 N–H and O–H groups in total. The molecule has 0 saturated carbocycles. The molecule has 0 amide bonds. The summed E-state index contributed by atoms with van der Waals surface area (Å²) in [5.74, 6) is 0.0589. The first-order chi connectivity index (χ1) is 8.79. The fraction of sp³-hybridized carbons (Fsp3) is 0.500. The summed E-state index contributed by atoms with van der Waals surface area (Å²) >= 11 is 0. The Balaban J connectivity index is 2.31. The van der Waals surface area contributed by atoms with Crippen molar-refractivity contribution in [2.75, 3.05) is 18.0 Å². The maximum atomic E-state index is 12.7. The van der Waals surface area contributed by atoms with E-state index >= 15 is 0 Å². The fourth-order valence-electron chi connectivity index (χ4n) is 2.36. The van der Waals surface area contributed by atoms with E-state index in [1.165, 1.54) is 12.1 Å². The first-order valence-corrected chi connectivity index (χ1v) is 6.24. The third kappa shape index (κ3) is 2.91. The molecular weight excluding hydrogens is 255 g/mol. The SMILES string of the molecule is Cc1ccc(C(F)(F)F)cc1N1CCC(=O)C(C)C1. The van der Waals surface area contributed by atoms with Crippen molar-refractivity contribution in [3.63, 3.8) is 0 Å². The van der Waals surface area contributed by atoms with Crippen LogP contribution in [0.25, 0.3) is 0 Å². The summed E-state index contributed by atoms with van der Waals surface area (Å²) in [6.07, 6.45) is -3.93. The third-order valence-electron chi connectivity index (χ3n) is 3.55. The van der Waals surface area contributed by atoms with Crippen molar-refractivity contribution in [1.82, 2.24) is 0 Å². The number of Topliss-reactive ketones (excluding diaryl/α,β-unsaturated/α-hetero) is 1. The molecule has 1 aromatic carbocycles. The molecule has 1 aliphatic heterocycles. The number of carbonyl (C=O) groups is 1. The number of halogens is 3. The summed E-state index contributed by atoms with van der Waals surface area (Å²) in [5.41, 5.74) is 0.737. The predicted molar refractivity (Wildman–Crippen MR) is 67.2 cm³/mol. The quantitative estimate of drug-likeness (QED) is 0.780. The summed E-state index contributed by atoms with van der Waals surface area (Å²) < 4.78 is 38.2. The number of rotatable bonds is 1. The Morgan fingerprint density at radius 1 is 1.32 bits per heavy atom. The van der Waals surface area contributed by atoms with Crippen molar-refractivity contribution in [2.45, 2.75) is 26.4 Å². The average molecular weight is 271 g/mol. The second kappa shape index (κ2) is 4.87. The molecule has 1 fully saturated rings. The first kappa shape index (κ1) is 13.9. The van der Waals surface area contributed by atoms with Gasteiger partial charge in [-0.3, -0.25) is 4.79 Å². The molecule has 0 aliphatic carbocycles. The van der Waals surface area contributed by atoms with E-state index < -0.39 is 11.7 Å². The third-order valence-corrected chi connectivity index (χ3v) is 3.55. The molecule has 0 spiro atoms. The number of ketones is 1. The minimum Gasteiger partial charge on any atom is -0.370 e. The van der Waals surface area contributed by atoms with Crippen molar-refractivity contribution >= 4 is 11.5 Å². The monoisotopic (exact) mass is 271 g/mol. The maximum absolute atomic E-state index is 12.7. The maximum Gasteiger partial charge on any atom is 0.416 e. The Morgan fingerprint density at radius 3 is 2.58 bits per heavy atom. The van der Waals surface area contributed by atoms with Crippen LogP contribution in [0.4, 0.5) is 18.9 Å². The summed E-state index contributed by atoms with van der Waals surface area (Å²) in [7, 11) is 0. The summed E-state index contributed by atoms with van der Waals surface area (Å²) in [6.45, 7) is 4.58. The van der Waals surface area contributed by atoms with Crippen LogP contribution < -0.4 is 4.90 Å². The van der Waals surface area contributed by atoms with Gasteiger partial charge in [0.25, 0.3) is 0 Å². The number of carbonyl (C=O) groups excluding carboxylic acids is 1. The normalized spacial score (nSPS) is 20.8. The molecule has 2 nitrogen and oxygen atoms in total. The van der Waals surface area contributed by atoms with Gasteiger partial charge in [0, 0.05) is 31.1 Å². The van der Waals surface area contributed by atoms with Gasteiger partial charge in [0.1, 0.15) is 5.78 Å². The zero-order valence-electron chi connectivity index (χ0n) is 10.9. The highest BCUT2D eigenvalue weighted by Gasteiger charge is 2.32. The van der Waals surface area contributed by atoms with Gasteiger partial charge in [-0.15, -0.1) is 0 Å². The minimum absolute atomic E-state index is 0.123. The van der Waals surface area contributed by atoms with Gasteiger partial charge >= 0.3 is 6.18 Å². The lowest BCUT2D eigenvalue weighted by molar-refractivity contribution is -0.137. The van der Waals surface area contributed by atoms with Gasteiger partial charge in [-0.2, -0.15) is 13.2 Å². The highest BCUT2D eigenvalue weighted by Crippen LogP contribution is 2.34. The van der Waals surface area contributed by atoms with Gasteiger partial charge < -0.3 is 4.90 Å². The number of hydrogen-bond acceptors (Lipinski definition) is 2. The first-order valence-electron chi connectivity index (χ1n) is 6.24. The largest absolute Gasteiger partial charge is 0.416 e. The van der Waals surface area contributed by atoms with Crippen LogP contribution in [0, 0.1) is 12.8 Å². The molecule has 0 radical (unpaired) electrons. The Labute approximate surface area is 110 Å². The van der Waals surface area contributed by atoms with E-state index in [1.807, 2.05) is 11.8 Å². The fourth-order valence-corrected chi connectivity index (χ4v) is 2.36. The molecule has 104 valence electrons. The summed E-state index contributed by atoms with van der Waals surface area (Å²) in [5, 5.41) is 0. The van der Waals surface area contributed by atoms with Crippen LogP contribution in [-0.4, -0.2) is 18.9 Å². The van der Waals surface area contributed by atoms with Gasteiger partial charge in [-0.05, 0) is 24.6 Å². The number of anilines is 1. The second-order valence-corrected chi connectivity index (χ2v) is 5.06. The predicted octanol–water partition coefficient (Wildman–Crippen LogP) is 3.43. The van der Waals surface area contributed by atoms with E-state index in [4.69, 9.17) is 0 Å². The molecule has 1 saturated heterocycles. The highest BCUT2D eigenvalue weighted by atomic mass is 19.4. The molecule has 5 heteroatoms. The zero-order valence-corrected chi connectivity index (χ0v) is 10.9. The molecule has 19 heavy (non-hydrogen) atoms. The van der Waals surface area contributed by atoms with Crippen LogP contribution in [-0.2, 0) is 11.0 Å². The number of nitrogens with zero attached hydrogens (tertiary/aromatic N) is 1. The number of piperidine rings is 1. The Morgan fingerprint density at radius 2 is 2.00 bits per heavy atom. The van der Waals surface area contributed by atoms with Crippen LogP contribution in [0.15, 0.2) is 18.2 Å². The van der Waals surface area contributed by atoms with Crippen molar-refractivity contribution in [3.8, 4) is 0 Å². The van der Waals surface area contributed by atoms with E-state index in [0.29, 0.717) is 25.2 Å². The molecule has 1 aliphatic rings. The van der Waals surface area contributed by atoms with Crippen LogP contribution >= 0.6 is 0 Å². The topological polar surface area (TPSA) is 20.3 Å². The second-order valence-electron chi connectivity index (χ2n) is 5.06. The van der Waals surface area contributed by atoms with E-state index in [1.54, 1.807) is 6.92 Å². The zero-order chi connectivity index (χ0) is 14.2. The molecule has 1 unspecified atom stereocenters. The van der Waals surface area contributed by atoms with Crippen molar-refractivity contribution in [1.29, 1.82) is 0 Å². The lowest BCUT2D eigenvalue weighted by atomic mass is 9.97. The Bertz CT molecular complexity index is 496. The van der Waals surface area contributed by atoms with Gasteiger partial charge in [-0.1, -0.05) is 13.0 Å². The average Bonchev–Trinajstić information content (AvgIpc) is 2.32. The Kier molecular flexibility index (Phi) is 3.56. The lowest BCUT2D eigenvalue weighted by Crippen LogP contribution is -2.40. The number of hydrogen-bond donors (Lipinski definition) is 0. The molecular formula is C14H16F3NO.